The Hall–Kier alpha value is -1.17. The minimum atomic E-state index is -4.23. The molecule has 2 rings (SSSR count). The van der Waals surface area contributed by atoms with Gasteiger partial charge >= 0.3 is 0 Å². The molecule has 2 aromatic rings. The summed E-state index contributed by atoms with van der Waals surface area (Å²) in [5, 5.41) is 1.06. The van der Waals surface area contributed by atoms with E-state index < -0.39 is 10.1 Å². The number of fused-ring (bicyclic) bond motifs is 1. The second-order valence-electron chi connectivity index (χ2n) is 2.93. The van der Waals surface area contributed by atoms with Crippen molar-refractivity contribution in [3.8, 4) is 0 Å². The Morgan fingerprint density at radius 1 is 1.20 bits per heavy atom. The van der Waals surface area contributed by atoms with Crippen molar-refractivity contribution < 1.29 is 13.0 Å². The highest BCUT2D eigenvalue weighted by atomic mass is 35.5. The second-order valence-corrected chi connectivity index (χ2v) is 4.68. The van der Waals surface area contributed by atoms with Crippen molar-refractivity contribution in [1.82, 2.24) is 4.98 Å². The van der Waals surface area contributed by atoms with Crippen LogP contribution in [0.5, 0.6) is 0 Å². The van der Waals surface area contributed by atoms with E-state index in [2.05, 4.69) is 4.98 Å². The zero-order valence-electron chi connectivity index (χ0n) is 7.38. The topological polar surface area (TPSA) is 67.3 Å². The van der Waals surface area contributed by atoms with Gasteiger partial charge < -0.3 is 0 Å². The molecule has 4 nitrogen and oxygen atoms in total. The van der Waals surface area contributed by atoms with Gasteiger partial charge in [0.15, 0.2) is 0 Å². The van der Waals surface area contributed by atoms with Gasteiger partial charge in [-0.15, -0.1) is 0 Å². The summed E-state index contributed by atoms with van der Waals surface area (Å²) in [7, 11) is -4.23. The SMILES string of the molecule is O=S(=O)(O)c1cccc2c(Cl)nccc12. The van der Waals surface area contributed by atoms with E-state index in [1.54, 1.807) is 6.07 Å². The number of nitrogens with zero attached hydrogens (tertiary/aromatic N) is 1. The van der Waals surface area contributed by atoms with E-state index in [1.807, 2.05) is 0 Å². The molecule has 1 N–H and O–H groups in total. The van der Waals surface area contributed by atoms with Crippen LogP contribution in [0.1, 0.15) is 0 Å². The summed E-state index contributed by atoms with van der Waals surface area (Å²) in [6.45, 7) is 0. The number of halogens is 1. The average molecular weight is 244 g/mol. The van der Waals surface area contributed by atoms with E-state index >= 15 is 0 Å². The van der Waals surface area contributed by atoms with Crippen LogP contribution in [-0.4, -0.2) is 18.0 Å². The molecular formula is C9H6ClNO3S. The lowest BCUT2D eigenvalue weighted by molar-refractivity contribution is 0.484. The fraction of sp³-hybridized carbons (Fsp3) is 0. The molecule has 0 saturated carbocycles. The third-order valence-corrected chi connectivity index (χ3v) is 3.21. The summed E-state index contributed by atoms with van der Waals surface area (Å²) in [5.74, 6) is 0. The van der Waals surface area contributed by atoms with Crippen molar-refractivity contribution >= 4 is 32.5 Å². The Morgan fingerprint density at radius 3 is 2.60 bits per heavy atom. The quantitative estimate of drug-likeness (QED) is 0.616. The van der Waals surface area contributed by atoms with Gasteiger partial charge in [-0.05, 0) is 12.1 Å². The lowest BCUT2D eigenvalue weighted by atomic mass is 10.2. The molecule has 0 amide bonds. The van der Waals surface area contributed by atoms with Gasteiger partial charge in [0.1, 0.15) is 10.0 Å². The predicted molar refractivity (Wildman–Crippen MR) is 56.6 cm³/mol. The molecule has 0 bridgehead atoms. The molecule has 0 aliphatic carbocycles. The van der Waals surface area contributed by atoms with Crippen LogP contribution in [0.3, 0.4) is 0 Å². The Bertz CT molecular complexity index is 624. The highest BCUT2D eigenvalue weighted by molar-refractivity contribution is 7.86. The van der Waals surface area contributed by atoms with Gasteiger partial charge in [-0.25, -0.2) is 4.98 Å². The molecule has 78 valence electrons. The molecule has 0 aliphatic heterocycles. The van der Waals surface area contributed by atoms with Crippen LogP contribution in [0, 0.1) is 0 Å². The van der Waals surface area contributed by atoms with Gasteiger partial charge in [-0.1, -0.05) is 23.7 Å². The summed E-state index contributed by atoms with van der Waals surface area (Å²) < 4.78 is 31.1. The molecule has 0 atom stereocenters. The first kappa shape index (κ1) is 10.4. The van der Waals surface area contributed by atoms with Crippen molar-refractivity contribution in [1.29, 1.82) is 0 Å². The molecule has 0 radical (unpaired) electrons. The van der Waals surface area contributed by atoms with Crippen LogP contribution in [0.2, 0.25) is 5.15 Å². The van der Waals surface area contributed by atoms with Gasteiger partial charge in [0.2, 0.25) is 0 Å². The normalized spacial score (nSPS) is 11.9. The number of benzene rings is 1. The van der Waals surface area contributed by atoms with Gasteiger partial charge in [-0.2, -0.15) is 8.42 Å². The molecule has 1 aromatic heterocycles. The third kappa shape index (κ3) is 1.81. The first-order valence-corrected chi connectivity index (χ1v) is 5.82. The van der Waals surface area contributed by atoms with Crippen LogP contribution in [0.4, 0.5) is 0 Å². The zero-order chi connectivity index (χ0) is 11.1. The van der Waals surface area contributed by atoms with Crippen LogP contribution >= 0.6 is 11.6 Å². The summed E-state index contributed by atoms with van der Waals surface area (Å²) >= 11 is 5.79. The first-order chi connectivity index (χ1) is 7.00. The Labute approximate surface area is 91.3 Å². The molecule has 1 aromatic carbocycles. The largest absolute Gasteiger partial charge is 0.295 e. The molecule has 0 saturated heterocycles. The molecule has 0 fully saturated rings. The van der Waals surface area contributed by atoms with E-state index in [1.165, 1.54) is 24.4 Å². The summed E-state index contributed by atoms with van der Waals surface area (Å²) in [4.78, 5) is 3.66. The van der Waals surface area contributed by atoms with Crippen LogP contribution < -0.4 is 0 Å². The number of rotatable bonds is 1. The summed E-state index contributed by atoms with van der Waals surface area (Å²) in [6.07, 6.45) is 1.39. The maximum Gasteiger partial charge on any atom is 0.295 e. The van der Waals surface area contributed by atoms with E-state index in [4.69, 9.17) is 16.2 Å². The standard InChI is InChI=1S/C9H6ClNO3S/c10-9-7-2-1-3-8(15(12,13)14)6(7)4-5-11-9/h1-5H,(H,12,13,14). The van der Waals surface area contributed by atoms with Crippen LogP contribution in [-0.2, 0) is 10.1 Å². The molecule has 0 unspecified atom stereocenters. The minimum Gasteiger partial charge on any atom is -0.282 e. The number of hydrogen-bond donors (Lipinski definition) is 1. The lowest BCUT2D eigenvalue weighted by Crippen LogP contribution is -1.99. The highest BCUT2D eigenvalue weighted by Gasteiger charge is 2.14. The average Bonchev–Trinajstić information content (AvgIpc) is 2.16. The monoisotopic (exact) mass is 243 g/mol. The zero-order valence-corrected chi connectivity index (χ0v) is 8.96. The Morgan fingerprint density at radius 2 is 1.93 bits per heavy atom. The van der Waals surface area contributed by atoms with E-state index in [0.29, 0.717) is 10.8 Å². The number of pyridine rings is 1. The Kier molecular flexibility index (Phi) is 2.38. The fourth-order valence-corrected chi connectivity index (χ4v) is 2.30. The number of aromatic nitrogens is 1. The molecule has 0 spiro atoms. The van der Waals surface area contributed by atoms with Crippen molar-refractivity contribution in [2.45, 2.75) is 4.90 Å². The van der Waals surface area contributed by atoms with Crippen molar-refractivity contribution in [3.63, 3.8) is 0 Å². The third-order valence-electron chi connectivity index (χ3n) is 2.00. The maximum atomic E-state index is 11.1. The molecule has 0 aliphatic rings. The van der Waals surface area contributed by atoms with Crippen LogP contribution in [0.25, 0.3) is 10.8 Å². The van der Waals surface area contributed by atoms with Crippen molar-refractivity contribution in [2.75, 3.05) is 0 Å². The molecule has 6 heteroatoms. The lowest BCUT2D eigenvalue weighted by Gasteiger charge is -2.03. The molecular weight excluding hydrogens is 238 g/mol. The van der Waals surface area contributed by atoms with Crippen molar-refractivity contribution in [3.05, 3.63) is 35.6 Å². The van der Waals surface area contributed by atoms with Gasteiger partial charge in [0.25, 0.3) is 10.1 Å². The van der Waals surface area contributed by atoms with Crippen LogP contribution in [0.15, 0.2) is 35.4 Å². The molecule has 15 heavy (non-hydrogen) atoms. The summed E-state index contributed by atoms with van der Waals surface area (Å²) in [5.41, 5.74) is 0. The smallest absolute Gasteiger partial charge is 0.282 e. The van der Waals surface area contributed by atoms with Crippen molar-refractivity contribution in [2.24, 2.45) is 0 Å². The first-order valence-electron chi connectivity index (χ1n) is 4.01. The molecule has 1 heterocycles. The fourth-order valence-electron chi connectivity index (χ4n) is 1.37. The van der Waals surface area contributed by atoms with E-state index in [9.17, 15) is 8.42 Å². The predicted octanol–water partition coefficient (Wildman–Crippen LogP) is 2.13. The highest BCUT2D eigenvalue weighted by Crippen LogP contribution is 2.26. The van der Waals surface area contributed by atoms with Gasteiger partial charge in [0, 0.05) is 17.0 Å². The number of hydrogen-bond acceptors (Lipinski definition) is 3. The van der Waals surface area contributed by atoms with Gasteiger partial charge in [0.05, 0.1) is 0 Å². The van der Waals surface area contributed by atoms with Gasteiger partial charge in [-0.3, -0.25) is 4.55 Å². The van der Waals surface area contributed by atoms with E-state index in [0.717, 1.165) is 0 Å². The van der Waals surface area contributed by atoms with E-state index in [-0.39, 0.29) is 10.0 Å². The maximum absolute atomic E-state index is 11.1. The summed E-state index contributed by atoms with van der Waals surface area (Å²) in [6, 6.07) is 5.94. The Balaban J connectivity index is 2.96. The second kappa shape index (κ2) is 3.44. The minimum absolute atomic E-state index is 0.163.